The van der Waals surface area contributed by atoms with Crippen molar-refractivity contribution in [3.8, 4) is 0 Å². The molecular weight excluding hydrogens is 389 g/mol. The van der Waals surface area contributed by atoms with Crippen LogP contribution in [0.1, 0.15) is 61.5 Å². The van der Waals surface area contributed by atoms with Gasteiger partial charge >= 0.3 is 0 Å². The Kier molecular flexibility index (Phi) is 7.06. The molecular formula is C28H38BNSi. The summed E-state index contributed by atoms with van der Waals surface area (Å²) < 4.78 is 0. The molecule has 3 heteroatoms. The number of rotatable bonds is 6. The molecule has 0 radical (unpaired) electrons. The summed E-state index contributed by atoms with van der Waals surface area (Å²) in [5.41, 5.74) is 6.32. The summed E-state index contributed by atoms with van der Waals surface area (Å²) in [6.07, 6.45) is 8.24. The number of benzene rings is 2. The van der Waals surface area contributed by atoms with Gasteiger partial charge in [-0.25, -0.2) is 0 Å². The van der Waals surface area contributed by atoms with Crippen LogP contribution in [0.5, 0.6) is 0 Å². The molecule has 2 bridgehead atoms. The molecule has 162 valence electrons. The quantitative estimate of drug-likeness (QED) is 0.370. The van der Waals surface area contributed by atoms with E-state index in [0.717, 1.165) is 11.7 Å². The molecule has 0 amide bonds. The van der Waals surface area contributed by atoms with E-state index in [9.17, 15) is 0 Å². The van der Waals surface area contributed by atoms with Crippen LogP contribution >= 0.6 is 0 Å². The molecule has 0 aromatic heterocycles. The monoisotopic (exact) mass is 427 g/mol. The molecule has 2 heterocycles. The number of fused-ring (bicyclic) bond motifs is 3. The molecule has 2 fully saturated rings. The Morgan fingerprint density at radius 2 is 1.52 bits per heavy atom. The standard InChI is InChI=1S/C28H38BNSi/c1-5-26(31(2,3)4)28(24-16-10-7-11-17-24)30-29-25-20-12-18-23(19-13-21-25)27(29)22-14-8-6-9-15-22/h6-11,14-17,23,25,27-28,30H,1,12-13,18-21H2,2-4H3/t23?,25?,27?,28-/m1/s1. The zero-order chi connectivity index (χ0) is 21.8. The maximum absolute atomic E-state index is 4.28. The number of hydrogen-bond acceptors (Lipinski definition) is 1. The lowest BCUT2D eigenvalue weighted by molar-refractivity contribution is 0.391. The minimum Gasteiger partial charge on any atom is -0.345 e. The van der Waals surface area contributed by atoms with Gasteiger partial charge in [-0.3, -0.25) is 0 Å². The van der Waals surface area contributed by atoms with E-state index in [2.05, 4.69) is 97.8 Å². The summed E-state index contributed by atoms with van der Waals surface area (Å²) in [5, 5.41) is 5.69. The molecule has 0 aliphatic carbocycles. The minimum absolute atomic E-state index is 0.209. The molecule has 2 aromatic rings. The van der Waals surface area contributed by atoms with Gasteiger partial charge in [-0.1, -0.05) is 131 Å². The molecule has 0 spiro atoms. The molecule has 1 unspecified atom stereocenters. The molecule has 1 N–H and O–H groups in total. The van der Waals surface area contributed by atoms with Crippen LogP contribution in [0, 0.1) is 5.92 Å². The molecule has 1 nitrogen and oxygen atoms in total. The maximum Gasteiger partial charge on any atom is 0.232 e. The summed E-state index contributed by atoms with van der Waals surface area (Å²) >= 11 is 0. The first kappa shape index (κ1) is 22.4. The van der Waals surface area contributed by atoms with Crippen molar-refractivity contribution in [3.05, 3.63) is 89.3 Å². The summed E-state index contributed by atoms with van der Waals surface area (Å²) in [4.78, 5) is 0. The van der Waals surface area contributed by atoms with E-state index in [0.29, 0.717) is 12.7 Å². The number of hydrogen-bond donors (Lipinski definition) is 1. The predicted octanol–water partition coefficient (Wildman–Crippen LogP) is 7.57. The zero-order valence-corrected chi connectivity index (χ0v) is 20.6. The van der Waals surface area contributed by atoms with Crippen molar-refractivity contribution in [1.29, 1.82) is 0 Å². The van der Waals surface area contributed by atoms with Crippen LogP contribution in [0.4, 0.5) is 0 Å². The van der Waals surface area contributed by atoms with E-state index >= 15 is 0 Å². The lowest BCUT2D eigenvalue weighted by Gasteiger charge is -2.37. The van der Waals surface area contributed by atoms with Crippen molar-refractivity contribution in [1.82, 2.24) is 5.23 Å². The molecule has 2 aliphatic rings. The molecule has 2 aliphatic heterocycles. The summed E-state index contributed by atoms with van der Waals surface area (Å²) in [6, 6.07) is 22.6. The van der Waals surface area contributed by atoms with Crippen molar-refractivity contribution in [3.63, 3.8) is 0 Å². The lowest BCUT2D eigenvalue weighted by Crippen LogP contribution is -2.48. The first-order valence-electron chi connectivity index (χ1n) is 12.3. The van der Waals surface area contributed by atoms with E-state index in [-0.39, 0.29) is 6.04 Å². The van der Waals surface area contributed by atoms with Gasteiger partial charge in [0.2, 0.25) is 6.85 Å². The van der Waals surface area contributed by atoms with E-state index in [1.807, 2.05) is 0 Å². The highest BCUT2D eigenvalue weighted by molar-refractivity contribution is 6.83. The third-order valence-electron chi connectivity index (χ3n) is 7.67. The van der Waals surface area contributed by atoms with Crippen molar-refractivity contribution in [2.45, 2.75) is 75.8 Å². The molecule has 2 saturated heterocycles. The Balaban J connectivity index is 1.78. The van der Waals surface area contributed by atoms with Crippen LogP contribution in [0.25, 0.3) is 0 Å². The third kappa shape index (κ3) is 5.00. The fourth-order valence-electron chi connectivity index (χ4n) is 6.26. The summed E-state index contributed by atoms with van der Waals surface area (Å²) in [6.45, 7) is 12.0. The second kappa shape index (κ2) is 9.78. The fraction of sp³-hybridized carbons (Fsp3) is 0.464. The largest absolute Gasteiger partial charge is 0.345 e. The second-order valence-corrected chi connectivity index (χ2v) is 15.7. The summed E-state index contributed by atoms with van der Waals surface area (Å²) in [7, 11) is -1.58. The van der Waals surface area contributed by atoms with Crippen molar-refractivity contribution < 1.29 is 0 Å². The van der Waals surface area contributed by atoms with Crippen LogP contribution in [-0.4, -0.2) is 14.9 Å². The number of nitrogens with one attached hydrogen (secondary N) is 1. The topological polar surface area (TPSA) is 12.0 Å². The van der Waals surface area contributed by atoms with Crippen LogP contribution < -0.4 is 5.23 Å². The highest BCUT2D eigenvalue weighted by Gasteiger charge is 2.45. The van der Waals surface area contributed by atoms with Crippen LogP contribution in [0.3, 0.4) is 0 Å². The summed E-state index contributed by atoms with van der Waals surface area (Å²) in [5.74, 6) is 2.12. The van der Waals surface area contributed by atoms with Gasteiger partial charge in [0.05, 0.1) is 8.07 Å². The van der Waals surface area contributed by atoms with E-state index in [4.69, 9.17) is 0 Å². The van der Waals surface area contributed by atoms with Crippen molar-refractivity contribution in [2.24, 2.45) is 5.92 Å². The Morgan fingerprint density at radius 3 is 2.06 bits per heavy atom. The van der Waals surface area contributed by atoms with Crippen LogP contribution in [-0.2, 0) is 0 Å². The smallest absolute Gasteiger partial charge is 0.232 e. The van der Waals surface area contributed by atoms with E-state index in [1.165, 1.54) is 54.8 Å². The fourth-order valence-corrected chi connectivity index (χ4v) is 7.90. The average Bonchev–Trinajstić information content (AvgIpc) is 3.02. The Bertz CT molecular complexity index is 888. The predicted molar refractivity (Wildman–Crippen MR) is 138 cm³/mol. The molecule has 2 atom stereocenters. The Hall–Kier alpha value is -1.80. The van der Waals surface area contributed by atoms with E-state index in [1.54, 1.807) is 0 Å². The lowest BCUT2D eigenvalue weighted by atomic mass is 9.39. The molecule has 31 heavy (non-hydrogen) atoms. The highest BCUT2D eigenvalue weighted by Crippen LogP contribution is 2.48. The van der Waals surface area contributed by atoms with Gasteiger partial charge in [0.1, 0.15) is 0 Å². The molecule has 2 aromatic carbocycles. The minimum atomic E-state index is -1.58. The van der Waals surface area contributed by atoms with Gasteiger partial charge in [-0.15, -0.1) is 5.73 Å². The third-order valence-corrected chi connectivity index (χ3v) is 9.75. The van der Waals surface area contributed by atoms with E-state index < -0.39 is 8.07 Å². The van der Waals surface area contributed by atoms with Gasteiger partial charge in [0.25, 0.3) is 0 Å². The average molecular weight is 428 g/mol. The van der Waals surface area contributed by atoms with Gasteiger partial charge in [-0.2, -0.15) is 0 Å². The van der Waals surface area contributed by atoms with Crippen molar-refractivity contribution in [2.75, 3.05) is 0 Å². The maximum atomic E-state index is 4.28. The van der Waals surface area contributed by atoms with Gasteiger partial charge in [0, 0.05) is 6.04 Å². The van der Waals surface area contributed by atoms with Gasteiger partial charge in [-0.05, 0) is 28.3 Å². The second-order valence-electron chi connectivity index (χ2n) is 10.7. The van der Waals surface area contributed by atoms with Gasteiger partial charge in [0.15, 0.2) is 0 Å². The first-order chi connectivity index (χ1) is 15.0. The first-order valence-corrected chi connectivity index (χ1v) is 15.8. The molecule has 4 rings (SSSR count). The highest BCUT2D eigenvalue weighted by atomic mass is 28.3. The SMILES string of the molecule is C=C=C([C@H](NB1C2CCCC(CCC2)C1c1ccccc1)c1ccccc1)[Si](C)(C)C. The Morgan fingerprint density at radius 1 is 0.935 bits per heavy atom. The molecule has 0 saturated carbocycles. The normalized spacial score (nSPS) is 24.7. The van der Waals surface area contributed by atoms with Gasteiger partial charge < -0.3 is 5.23 Å². The Labute approximate surface area is 191 Å². The van der Waals surface area contributed by atoms with Crippen LogP contribution in [0.15, 0.2) is 78.2 Å². The van der Waals surface area contributed by atoms with Crippen molar-refractivity contribution >= 4 is 14.9 Å². The zero-order valence-electron chi connectivity index (χ0n) is 19.6. The van der Waals surface area contributed by atoms with Crippen LogP contribution in [0.2, 0.25) is 25.5 Å².